The Morgan fingerprint density at radius 2 is 1.86 bits per heavy atom. The second-order valence-electron chi connectivity index (χ2n) is 9.09. The summed E-state index contributed by atoms with van der Waals surface area (Å²) < 4.78 is 13.9. The first kappa shape index (κ1) is 17.1. The maximum atomic E-state index is 13.9. The fourth-order valence-electron chi connectivity index (χ4n) is 6.11. The van der Waals surface area contributed by atoms with Gasteiger partial charge in [0.25, 0.3) is 5.91 Å². The molecule has 0 radical (unpaired) electrons. The van der Waals surface area contributed by atoms with Crippen molar-refractivity contribution < 1.29 is 9.18 Å². The molecule has 2 aliphatic carbocycles. The van der Waals surface area contributed by atoms with Crippen LogP contribution in [0.2, 0.25) is 0 Å². The lowest BCUT2D eigenvalue weighted by molar-refractivity contribution is 0.0634. The van der Waals surface area contributed by atoms with Crippen LogP contribution in [0.3, 0.4) is 0 Å². The highest BCUT2D eigenvalue weighted by Gasteiger charge is 2.44. The molecular weight excluding hydrogens is 367 g/mol. The number of fused-ring (bicyclic) bond motifs is 2. The van der Waals surface area contributed by atoms with Gasteiger partial charge in [0.15, 0.2) is 0 Å². The summed E-state index contributed by atoms with van der Waals surface area (Å²) in [6.07, 6.45) is 9.55. The van der Waals surface area contributed by atoms with E-state index in [9.17, 15) is 9.18 Å². The summed E-state index contributed by atoms with van der Waals surface area (Å²) in [4.78, 5) is 20.5. The van der Waals surface area contributed by atoms with E-state index in [1.54, 1.807) is 18.5 Å². The second-order valence-corrected chi connectivity index (χ2v) is 9.09. The van der Waals surface area contributed by atoms with Crippen molar-refractivity contribution in [3.05, 3.63) is 48.0 Å². The number of hydrogen-bond acceptors (Lipinski definition) is 3. The monoisotopic (exact) mass is 390 g/mol. The van der Waals surface area contributed by atoms with Crippen molar-refractivity contribution in [2.75, 3.05) is 6.54 Å². The smallest absolute Gasteiger partial charge is 0.254 e. The maximum Gasteiger partial charge on any atom is 0.254 e. The summed E-state index contributed by atoms with van der Waals surface area (Å²) in [6.45, 7) is 0.850. The van der Waals surface area contributed by atoms with E-state index in [1.165, 1.54) is 31.4 Å². The van der Waals surface area contributed by atoms with E-state index in [4.69, 9.17) is 0 Å². The highest BCUT2D eigenvalue weighted by atomic mass is 19.1. The Morgan fingerprint density at radius 3 is 2.62 bits per heavy atom. The van der Waals surface area contributed by atoms with Crippen molar-refractivity contribution in [3.8, 4) is 11.3 Å². The molecule has 5 nitrogen and oxygen atoms in total. The van der Waals surface area contributed by atoms with Crippen LogP contribution in [0.4, 0.5) is 4.39 Å². The van der Waals surface area contributed by atoms with Crippen LogP contribution in [-0.4, -0.2) is 38.6 Å². The van der Waals surface area contributed by atoms with Gasteiger partial charge in [-0.2, -0.15) is 5.10 Å². The van der Waals surface area contributed by atoms with E-state index in [-0.39, 0.29) is 11.7 Å². The van der Waals surface area contributed by atoms with E-state index in [0.29, 0.717) is 34.1 Å². The van der Waals surface area contributed by atoms with Gasteiger partial charge in [0, 0.05) is 35.8 Å². The lowest BCUT2D eigenvalue weighted by atomic mass is 9.68. The van der Waals surface area contributed by atoms with Crippen LogP contribution in [0.5, 0.6) is 0 Å². The van der Waals surface area contributed by atoms with E-state index < -0.39 is 0 Å². The molecule has 4 heterocycles. The van der Waals surface area contributed by atoms with Crippen LogP contribution in [0, 0.1) is 23.6 Å². The van der Waals surface area contributed by atoms with Crippen molar-refractivity contribution in [1.29, 1.82) is 0 Å². The van der Waals surface area contributed by atoms with Crippen LogP contribution >= 0.6 is 0 Å². The van der Waals surface area contributed by atoms with Crippen molar-refractivity contribution in [2.24, 2.45) is 17.8 Å². The predicted molar refractivity (Wildman–Crippen MR) is 108 cm³/mol. The molecule has 6 heteroatoms. The Balaban J connectivity index is 1.47. The summed E-state index contributed by atoms with van der Waals surface area (Å²) in [6, 6.07) is 6.69. The Labute approximate surface area is 168 Å². The molecule has 4 fully saturated rings. The Morgan fingerprint density at radius 1 is 1.07 bits per heavy atom. The zero-order valence-corrected chi connectivity index (χ0v) is 16.1. The average Bonchev–Trinajstić information content (AvgIpc) is 3.17. The number of hydrogen-bond donors (Lipinski definition) is 1. The molecule has 1 aromatic carbocycles. The van der Waals surface area contributed by atoms with Gasteiger partial charge in [-0.15, -0.1) is 0 Å². The van der Waals surface area contributed by atoms with E-state index in [1.807, 2.05) is 6.07 Å². The number of amides is 1. The standard InChI is InChI=1S/C23H23FN4O/c24-17-1-2-19-20(9-21(27-22(19)8-17)16-10-25-26-11-16)23(29)28-12-15-4-13-3-14(5-15)7-18(28)6-13/h1-2,8-11,13-15,18H,3-7,12H2,(H,25,26)/t13-,14+,15?,18?. The van der Waals surface area contributed by atoms with E-state index >= 15 is 0 Å². The van der Waals surface area contributed by atoms with Crippen molar-refractivity contribution in [1.82, 2.24) is 20.1 Å². The van der Waals surface area contributed by atoms with Crippen LogP contribution in [-0.2, 0) is 0 Å². The Bertz CT molecular complexity index is 1080. The summed E-state index contributed by atoms with van der Waals surface area (Å²) >= 11 is 0. The fraction of sp³-hybridized carbons (Fsp3) is 0.435. The number of carbonyl (C=O) groups is 1. The molecule has 2 saturated carbocycles. The second kappa shape index (κ2) is 6.37. The van der Waals surface area contributed by atoms with Crippen molar-refractivity contribution in [3.63, 3.8) is 0 Å². The number of benzene rings is 1. The molecule has 2 aliphatic heterocycles. The molecule has 4 atom stereocenters. The molecule has 7 rings (SSSR count). The van der Waals surface area contributed by atoms with Gasteiger partial charge in [-0.25, -0.2) is 9.37 Å². The lowest BCUT2D eigenvalue weighted by Gasteiger charge is -2.39. The molecule has 2 unspecified atom stereocenters. The highest BCUT2D eigenvalue weighted by molar-refractivity contribution is 6.07. The van der Waals surface area contributed by atoms with Gasteiger partial charge in [-0.1, -0.05) is 0 Å². The molecule has 3 aromatic rings. The molecular formula is C23H23FN4O. The molecule has 1 amide bonds. The minimum Gasteiger partial charge on any atom is -0.335 e. The van der Waals surface area contributed by atoms with Crippen molar-refractivity contribution in [2.45, 2.75) is 38.1 Å². The van der Waals surface area contributed by atoms with Gasteiger partial charge in [0.1, 0.15) is 5.82 Å². The number of nitrogens with zero attached hydrogens (tertiary/aromatic N) is 3. The molecule has 0 spiro atoms. The first-order valence-electron chi connectivity index (χ1n) is 10.5. The average molecular weight is 390 g/mol. The molecule has 4 bridgehead atoms. The summed E-state index contributed by atoms with van der Waals surface area (Å²) in [5, 5.41) is 7.50. The number of nitrogens with one attached hydrogen (secondary N) is 1. The zero-order valence-electron chi connectivity index (χ0n) is 16.1. The third kappa shape index (κ3) is 2.84. The van der Waals surface area contributed by atoms with Crippen molar-refractivity contribution >= 4 is 16.8 Å². The van der Waals surface area contributed by atoms with Crippen LogP contribution in [0.15, 0.2) is 36.7 Å². The largest absolute Gasteiger partial charge is 0.335 e. The molecule has 29 heavy (non-hydrogen) atoms. The maximum absolute atomic E-state index is 13.9. The van der Waals surface area contributed by atoms with Gasteiger partial charge in [-0.3, -0.25) is 9.89 Å². The topological polar surface area (TPSA) is 61.9 Å². The number of carbonyl (C=O) groups excluding carboxylic acids is 1. The van der Waals surface area contributed by atoms with E-state index in [0.717, 1.165) is 36.8 Å². The normalized spacial score (nSPS) is 28.1. The lowest BCUT2D eigenvalue weighted by Crippen LogP contribution is -2.42. The highest BCUT2D eigenvalue weighted by Crippen LogP contribution is 2.48. The van der Waals surface area contributed by atoms with Gasteiger partial charge in [0.05, 0.1) is 23.0 Å². The summed E-state index contributed by atoms with van der Waals surface area (Å²) in [7, 11) is 0. The van der Waals surface area contributed by atoms with Gasteiger partial charge in [0.2, 0.25) is 0 Å². The predicted octanol–water partition coefficient (Wildman–Crippen LogP) is 4.41. The third-order valence-electron chi connectivity index (χ3n) is 7.16. The fourth-order valence-corrected chi connectivity index (χ4v) is 6.11. The number of halogens is 1. The molecule has 148 valence electrons. The first-order chi connectivity index (χ1) is 14.1. The molecule has 4 aliphatic rings. The first-order valence-corrected chi connectivity index (χ1v) is 10.5. The van der Waals surface area contributed by atoms with Crippen LogP contribution in [0.1, 0.15) is 42.5 Å². The van der Waals surface area contributed by atoms with Crippen LogP contribution in [0.25, 0.3) is 22.2 Å². The Hall–Kier alpha value is -2.76. The van der Waals surface area contributed by atoms with Crippen LogP contribution < -0.4 is 0 Å². The summed E-state index contributed by atoms with van der Waals surface area (Å²) in [5.74, 6) is 1.89. The van der Waals surface area contributed by atoms with Gasteiger partial charge < -0.3 is 4.90 Å². The molecule has 2 saturated heterocycles. The third-order valence-corrected chi connectivity index (χ3v) is 7.16. The van der Waals surface area contributed by atoms with Gasteiger partial charge in [-0.05, 0) is 68.1 Å². The minimum absolute atomic E-state index is 0.0620. The number of pyridine rings is 1. The quantitative estimate of drug-likeness (QED) is 0.705. The zero-order chi connectivity index (χ0) is 19.5. The number of aromatic nitrogens is 3. The molecule has 2 aromatic heterocycles. The number of aromatic amines is 1. The SMILES string of the molecule is O=C(c1cc(-c2cn[nH]c2)nc2cc(F)ccc12)N1CC2C[C@@H]3CC1C[C@H](C2)C3. The Kier molecular flexibility index (Phi) is 3.76. The number of H-pyrrole nitrogens is 1. The van der Waals surface area contributed by atoms with Gasteiger partial charge >= 0.3 is 0 Å². The van der Waals surface area contributed by atoms with E-state index in [2.05, 4.69) is 20.1 Å². The number of rotatable bonds is 2. The summed E-state index contributed by atoms with van der Waals surface area (Å²) in [5.41, 5.74) is 2.56. The minimum atomic E-state index is -0.349. The molecule has 1 N–H and O–H groups in total.